The van der Waals surface area contributed by atoms with Crippen molar-refractivity contribution in [3.8, 4) is 11.3 Å². The normalized spacial score (nSPS) is 19.0. The first-order chi connectivity index (χ1) is 21.6. The number of H-pyrrole nitrogens is 1. The van der Waals surface area contributed by atoms with Crippen LogP contribution in [0, 0.1) is 11.3 Å². The number of halogens is 3. The smallest absolute Gasteiger partial charge is 0.359 e. The molecular formula is C32H36F3N9O. The number of pyridine rings is 1. The molecular weight excluding hydrogens is 583 g/mol. The van der Waals surface area contributed by atoms with E-state index in [4.69, 9.17) is 0 Å². The third-order valence-corrected chi connectivity index (χ3v) is 9.41. The molecule has 3 aliphatic rings. The number of piperazine rings is 1. The number of aromatic nitrogens is 5. The fraction of sp³-hybridized carbons (Fsp3) is 0.469. The maximum Gasteiger partial charge on any atom is 0.403 e. The van der Waals surface area contributed by atoms with Crippen LogP contribution < -0.4 is 10.2 Å². The molecule has 0 spiro atoms. The molecule has 2 N–H and O–H groups in total. The van der Waals surface area contributed by atoms with Crippen molar-refractivity contribution in [3.63, 3.8) is 0 Å². The molecule has 2 aliphatic carbocycles. The third kappa shape index (κ3) is 5.92. The Morgan fingerprint density at radius 1 is 1.09 bits per heavy atom. The number of nitrogens with one attached hydrogen (secondary N) is 2. The summed E-state index contributed by atoms with van der Waals surface area (Å²) in [6.07, 6.45) is 1.20. The molecule has 3 aromatic heterocycles. The van der Waals surface area contributed by atoms with Crippen molar-refractivity contribution in [1.82, 2.24) is 34.7 Å². The molecule has 4 aromatic rings. The lowest BCUT2D eigenvalue weighted by molar-refractivity contribution is -0.199. The molecule has 0 radical (unpaired) electrons. The molecule has 1 aliphatic heterocycles. The summed E-state index contributed by atoms with van der Waals surface area (Å²) < 4.78 is 40.4. The first-order valence-corrected chi connectivity index (χ1v) is 15.5. The molecule has 4 heterocycles. The van der Waals surface area contributed by atoms with Crippen molar-refractivity contribution in [2.24, 2.45) is 11.3 Å². The Bertz CT molecular complexity index is 1710. The van der Waals surface area contributed by atoms with E-state index in [1.165, 1.54) is 17.7 Å². The van der Waals surface area contributed by atoms with Crippen LogP contribution in [-0.4, -0.2) is 86.6 Å². The number of anilines is 3. The van der Waals surface area contributed by atoms with E-state index in [9.17, 15) is 18.0 Å². The number of carbonyl (C=O) groups excluding carboxylic acids is 1. The molecule has 1 amide bonds. The van der Waals surface area contributed by atoms with E-state index in [2.05, 4.69) is 54.0 Å². The number of hydrogen-bond acceptors (Lipinski definition) is 8. The Morgan fingerprint density at radius 2 is 1.87 bits per heavy atom. The van der Waals surface area contributed by atoms with E-state index in [-0.39, 0.29) is 32.0 Å². The Balaban J connectivity index is 1.00. The lowest BCUT2D eigenvalue weighted by atomic mass is 10.0. The van der Waals surface area contributed by atoms with Crippen LogP contribution >= 0.6 is 0 Å². The molecule has 1 aromatic carbocycles. The Morgan fingerprint density at radius 3 is 2.58 bits per heavy atom. The van der Waals surface area contributed by atoms with Crippen molar-refractivity contribution < 1.29 is 18.0 Å². The second-order valence-electron chi connectivity index (χ2n) is 12.6. The molecule has 3 fully saturated rings. The minimum absolute atomic E-state index is 0.0115. The summed E-state index contributed by atoms with van der Waals surface area (Å²) >= 11 is 0. The quantitative estimate of drug-likeness (QED) is 0.251. The summed E-state index contributed by atoms with van der Waals surface area (Å²) in [6.45, 7) is 4.63. The SMILES string of the molecule is CC(c1ccnc(Nc2nc3ccc(-c4cc(N(C)CC5CC5)ncn4)cc3[nH]2)c1)N1CCN(C(=O)C2(C(F)(F)F)CC2)CC1. The van der Waals surface area contributed by atoms with Gasteiger partial charge in [0.25, 0.3) is 0 Å². The number of rotatable bonds is 9. The standard InChI is InChI=1S/C32H36F3N9O/c1-20(43-11-13-44(14-12-43)29(45)31(8-9-31)32(33,34)35)22-7-10-36-27(16-22)41-30-39-24-6-5-23(15-26(24)40-30)25-17-28(38-19-37-25)42(2)18-21-3-4-21/h5-7,10,15-17,19-21H,3-4,8-9,11-14,18H2,1-2H3,(H2,36,39,40,41). The van der Waals surface area contributed by atoms with E-state index in [1.54, 1.807) is 12.5 Å². The van der Waals surface area contributed by atoms with Gasteiger partial charge in [0.15, 0.2) is 0 Å². The number of hydrogen-bond donors (Lipinski definition) is 2. The minimum Gasteiger partial charge on any atom is -0.359 e. The van der Waals surface area contributed by atoms with Gasteiger partial charge in [-0.1, -0.05) is 6.07 Å². The Labute approximate surface area is 259 Å². The summed E-state index contributed by atoms with van der Waals surface area (Å²) in [5, 5.41) is 3.27. The van der Waals surface area contributed by atoms with Gasteiger partial charge in [0.05, 0.1) is 16.7 Å². The molecule has 0 bridgehead atoms. The van der Waals surface area contributed by atoms with Crippen LogP contribution in [0.5, 0.6) is 0 Å². The van der Waals surface area contributed by atoms with Gasteiger partial charge in [0.1, 0.15) is 23.4 Å². The average molecular weight is 620 g/mol. The highest BCUT2D eigenvalue weighted by atomic mass is 19.4. The zero-order chi connectivity index (χ0) is 31.3. The Hall–Kier alpha value is -4.26. The van der Waals surface area contributed by atoms with Gasteiger partial charge >= 0.3 is 6.18 Å². The molecule has 1 saturated heterocycles. The molecule has 13 heteroatoms. The second kappa shape index (κ2) is 11.3. The zero-order valence-electron chi connectivity index (χ0n) is 25.3. The van der Waals surface area contributed by atoms with Crippen molar-refractivity contribution in [3.05, 3.63) is 54.5 Å². The number of imidazole rings is 1. The topological polar surface area (TPSA) is 106 Å². The van der Waals surface area contributed by atoms with Gasteiger partial charge in [-0.25, -0.2) is 19.9 Å². The minimum atomic E-state index is -4.48. The van der Waals surface area contributed by atoms with Crippen LogP contribution in [0.25, 0.3) is 22.3 Å². The number of carbonyl (C=O) groups is 1. The van der Waals surface area contributed by atoms with Gasteiger partial charge in [0, 0.05) is 63.6 Å². The lowest BCUT2D eigenvalue weighted by Crippen LogP contribution is -2.53. The highest BCUT2D eigenvalue weighted by molar-refractivity contribution is 5.86. The summed E-state index contributed by atoms with van der Waals surface area (Å²) in [6, 6.07) is 11.9. The molecule has 1 unspecified atom stereocenters. The summed E-state index contributed by atoms with van der Waals surface area (Å²) in [5.74, 6) is 2.07. The zero-order valence-corrected chi connectivity index (χ0v) is 25.3. The fourth-order valence-corrected chi connectivity index (χ4v) is 6.19. The number of fused-ring (bicyclic) bond motifs is 1. The van der Waals surface area contributed by atoms with Gasteiger partial charge in [-0.3, -0.25) is 9.69 Å². The number of aromatic amines is 1. The number of alkyl halides is 3. The molecule has 45 heavy (non-hydrogen) atoms. The first-order valence-electron chi connectivity index (χ1n) is 15.5. The van der Waals surface area contributed by atoms with Crippen molar-refractivity contribution in [2.45, 2.75) is 44.8 Å². The predicted molar refractivity (Wildman–Crippen MR) is 165 cm³/mol. The van der Waals surface area contributed by atoms with E-state index >= 15 is 0 Å². The largest absolute Gasteiger partial charge is 0.403 e. The average Bonchev–Trinajstić information content (AvgIpc) is 3.98. The maximum atomic E-state index is 13.5. The maximum absolute atomic E-state index is 13.5. The lowest BCUT2D eigenvalue weighted by Gasteiger charge is -2.39. The van der Waals surface area contributed by atoms with Crippen molar-refractivity contribution >= 4 is 34.5 Å². The predicted octanol–water partition coefficient (Wildman–Crippen LogP) is 5.55. The van der Waals surface area contributed by atoms with E-state index in [0.717, 1.165) is 46.1 Å². The van der Waals surface area contributed by atoms with Crippen LogP contribution in [-0.2, 0) is 4.79 Å². The van der Waals surface area contributed by atoms with E-state index in [1.807, 2.05) is 36.4 Å². The summed E-state index contributed by atoms with van der Waals surface area (Å²) in [7, 11) is 2.07. The van der Waals surface area contributed by atoms with Crippen LogP contribution in [0.3, 0.4) is 0 Å². The molecule has 10 nitrogen and oxygen atoms in total. The van der Waals surface area contributed by atoms with Crippen LogP contribution in [0.4, 0.5) is 30.8 Å². The molecule has 236 valence electrons. The van der Waals surface area contributed by atoms with Gasteiger partial charge < -0.3 is 20.1 Å². The third-order valence-electron chi connectivity index (χ3n) is 9.41. The van der Waals surface area contributed by atoms with Crippen LogP contribution in [0.2, 0.25) is 0 Å². The first kappa shape index (κ1) is 29.5. The molecule has 1 atom stereocenters. The van der Waals surface area contributed by atoms with Crippen molar-refractivity contribution in [2.75, 3.05) is 50.0 Å². The molecule has 2 saturated carbocycles. The van der Waals surface area contributed by atoms with Crippen LogP contribution in [0.1, 0.15) is 44.2 Å². The number of benzene rings is 1. The number of nitrogens with zero attached hydrogens (tertiary/aromatic N) is 7. The van der Waals surface area contributed by atoms with Crippen molar-refractivity contribution in [1.29, 1.82) is 0 Å². The number of amides is 1. The highest BCUT2D eigenvalue weighted by Gasteiger charge is 2.69. The van der Waals surface area contributed by atoms with Gasteiger partial charge in [-0.05, 0) is 68.4 Å². The van der Waals surface area contributed by atoms with Crippen LogP contribution in [0.15, 0.2) is 48.9 Å². The molecule has 7 rings (SSSR count). The monoisotopic (exact) mass is 619 g/mol. The van der Waals surface area contributed by atoms with E-state index in [0.29, 0.717) is 24.9 Å². The fourth-order valence-electron chi connectivity index (χ4n) is 6.19. The second-order valence-corrected chi connectivity index (χ2v) is 12.6. The summed E-state index contributed by atoms with van der Waals surface area (Å²) in [5.41, 5.74) is 2.31. The van der Waals surface area contributed by atoms with Gasteiger partial charge in [-0.15, -0.1) is 0 Å². The summed E-state index contributed by atoms with van der Waals surface area (Å²) in [4.78, 5) is 39.9. The highest BCUT2D eigenvalue weighted by Crippen LogP contribution is 2.58. The van der Waals surface area contributed by atoms with Gasteiger partial charge in [0.2, 0.25) is 11.9 Å². The van der Waals surface area contributed by atoms with Gasteiger partial charge in [-0.2, -0.15) is 13.2 Å². The van der Waals surface area contributed by atoms with E-state index < -0.39 is 17.5 Å². The Kier molecular flexibility index (Phi) is 7.38.